The normalized spacial score (nSPS) is 11.5. The van der Waals surface area contributed by atoms with Crippen LogP contribution in [0.1, 0.15) is 52.7 Å². The largest absolute Gasteiger partial charge is 0.444 e. The van der Waals surface area contributed by atoms with E-state index < -0.39 is 5.60 Å². The van der Waals surface area contributed by atoms with Gasteiger partial charge < -0.3 is 9.64 Å². The summed E-state index contributed by atoms with van der Waals surface area (Å²) in [5.74, 6) is 0. The summed E-state index contributed by atoms with van der Waals surface area (Å²) in [7, 11) is 1.87. The molecule has 21 heavy (non-hydrogen) atoms. The zero-order valence-corrected chi connectivity index (χ0v) is 15.2. The van der Waals surface area contributed by atoms with Crippen LogP contribution < -0.4 is 0 Å². The van der Waals surface area contributed by atoms with E-state index in [-0.39, 0.29) is 6.09 Å². The molecule has 120 valence electrons. The number of amides is 1. The minimum absolute atomic E-state index is 0.272. The number of aryl methyl sites for hydroxylation is 1. The number of halogens is 1. The summed E-state index contributed by atoms with van der Waals surface area (Å²) in [6.45, 7) is 8.99. The van der Waals surface area contributed by atoms with Crippen LogP contribution in [0, 0.1) is 0 Å². The average molecular weight is 360 g/mol. The minimum Gasteiger partial charge on any atom is -0.444 e. The standard InChI is InChI=1S/C15H26BrN3O2/c1-6-7-8-9-19(14(20)21-15(2,3)4)11-13-12(16)10-17-18(13)5/h10H,6-9,11H2,1-5H3. The van der Waals surface area contributed by atoms with Gasteiger partial charge in [0.25, 0.3) is 0 Å². The van der Waals surface area contributed by atoms with Crippen LogP contribution in [0.25, 0.3) is 0 Å². The van der Waals surface area contributed by atoms with Crippen LogP contribution in [0.3, 0.4) is 0 Å². The van der Waals surface area contributed by atoms with E-state index in [1.807, 2.05) is 27.8 Å². The first kappa shape index (κ1) is 18.0. The van der Waals surface area contributed by atoms with Crippen molar-refractivity contribution in [2.24, 2.45) is 7.05 Å². The molecule has 0 aliphatic carbocycles. The number of carbonyl (C=O) groups is 1. The lowest BCUT2D eigenvalue weighted by atomic mass is 10.2. The highest BCUT2D eigenvalue weighted by atomic mass is 79.9. The van der Waals surface area contributed by atoms with Crippen molar-refractivity contribution in [3.05, 3.63) is 16.4 Å². The lowest BCUT2D eigenvalue weighted by Gasteiger charge is -2.27. The molecule has 0 fully saturated rings. The van der Waals surface area contributed by atoms with E-state index in [1.54, 1.807) is 15.8 Å². The van der Waals surface area contributed by atoms with E-state index in [0.717, 1.165) is 29.4 Å². The Morgan fingerprint density at radius 1 is 1.43 bits per heavy atom. The molecule has 5 nitrogen and oxygen atoms in total. The first-order valence-electron chi connectivity index (χ1n) is 7.39. The minimum atomic E-state index is -0.482. The summed E-state index contributed by atoms with van der Waals surface area (Å²) in [6, 6.07) is 0. The quantitative estimate of drug-likeness (QED) is 0.718. The molecule has 0 radical (unpaired) electrons. The molecule has 0 aliphatic heterocycles. The second kappa shape index (κ2) is 7.82. The van der Waals surface area contributed by atoms with Gasteiger partial charge in [-0.1, -0.05) is 19.8 Å². The lowest BCUT2D eigenvalue weighted by molar-refractivity contribution is 0.0226. The highest BCUT2D eigenvalue weighted by Gasteiger charge is 2.23. The molecule has 0 unspecified atom stereocenters. The zero-order valence-electron chi connectivity index (χ0n) is 13.6. The second-order valence-corrected chi connectivity index (χ2v) is 7.03. The summed E-state index contributed by atoms with van der Waals surface area (Å²) in [5, 5.41) is 4.19. The smallest absolute Gasteiger partial charge is 0.410 e. The van der Waals surface area contributed by atoms with Crippen molar-refractivity contribution in [1.29, 1.82) is 0 Å². The van der Waals surface area contributed by atoms with E-state index in [1.165, 1.54) is 0 Å². The number of rotatable bonds is 6. The molecule has 1 aromatic rings. The van der Waals surface area contributed by atoms with Crippen molar-refractivity contribution in [1.82, 2.24) is 14.7 Å². The molecule has 1 heterocycles. The van der Waals surface area contributed by atoms with E-state index in [0.29, 0.717) is 13.1 Å². The van der Waals surface area contributed by atoms with Crippen molar-refractivity contribution in [3.63, 3.8) is 0 Å². The molecule has 0 spiro atoms. The molecule has 0 N–H and O–H groups in total. The summed E-state index contributed by atoms with van der Waals surface area (Å²) in [4.78, 5) is 14.1. The van der Waals surface area contributed by atoms with Gasteiger partial charge >= 0.3 is 6.09 Å². The number of carbonyl (C=O) groups excluding carboxylic acids is 1. The maximum atomic E-state index is 12.4. The Balaban J connectivity index is 2.79. The first-order valence-corrected chi connectivity index (χ1v) is 8.18. The number of aromatic nitrogens is 2. The van der Waals surface area contributed by atoms with Crippen molar-refractivity contribution < 1.29 is 9.53 Å². The topological polar surface area (TPSA) is 47.4 Å². The Labute approximate surface area is 135 Å². The Bertz CT molecular complexity index is 446. The molecule has 1 aromatic heterocycles. The average Bonchev–Trinajstić information content (AvgIpc) is 2.67. The summed E-state index contributed by atoms with van der Waals surface area (Å²) < 4.78 is 8.19. The molecule has 0 bridgehead atoms. The molecule has 0 aromatic carbocycles. The van der Waals surface area contributed by atoms with Gasteiger partial charge in [0.05, 0.1) is 22.9 Å². The fourth-order valence-corrected chi connectivity index (χ4v) is 2.38. The summed E-state index contributed by atoms with van der Waals surface area (Å²) >= 11 is 3.48. The van der Waals surface area contributed by atoms with Gasteiger partial charge in [-0.2, -0.15) is 5.10 Å². The molecule has 1 amide bonds. The van der Waals surface area contributed by atoms with E-state index >= 15 is 0 Å². The number of unbranched alkanes of at least 4 members (excludes halogenated alkanes) is 2. The molecular weight excluding hydrogens is 334 g/mol. The molecule has 6 heteroatoms. The third-order valence-corrected chi connectivity index (χ3v) is 3.70. The monoisotopic (exact) mass is 359 g/mol. The van der Waals surface area contributed by atoms with Crippen LogP contribution in [0.2, 0.25) is 0 Å². The number of hydrogen-bond acceptors (Lipinski definition) is 3. The van der Waals surface area contributed by atoms with Crippen LogP contribution >= 0.6 is 15.9 Å². The third kappa shape index (κ3) is 6.08. The highest BCUT2D eigenvalue weighted by Crippen LogP contribution is 2.19. The van der Waals surface area contributed by atoms with Gasteiger partial charge in [0.15, 0.2) is 0 Å². The van der Waals surface area contributed by atoms with Crippen LogP contribution in [-0.4, -0.2) is 32.9 Å². The molecule has 0 aliphatic rings. The molecular formula is C15H26BrN3O2. The lowest BCUT2D eigenvalue weighted by Crippen LogP contribution is -2.37. The first-order chi connectivity index (χ1) is 9.74. The SMILES string of the molecule is CCCCCN(Cc1c(Br)cnn1C)C(=O)OC(C)(C)C. The number of ether oxygens (including phenoxy) is 1. The van der Waals surface area contributed by atoms with E-state index in [4.69, 9.17) is 4.74 Å². The number of hydrogen-bond donors (Lipinski definition) is 0. The van der Waals surface area contributed by atoms with Gasteiger partial charge in [-0.05, 0) is 43.1 Å². The van der Waals surface area contributed by atoms with Gasteiger partial charge in [-0.25, -0.2) is 4.79 Å². The number of nitrogens with zero attached hydrogens (tertiary/aromatic N) is 3. The van der Waals surface area contributed by atoms with Crippen molar-refractivity contribution >= 4 is 22.0 Å². The predicted molar refractivity (Wildman–Crippen MR) is 87.1 cm³/mol. The Morgan fingerprint density at radius 3 is 2.57 bits per heavy atom. The van der Waals surface area contributed by atoms with Crippen molar-refractivity contribution in [2.45, 2.75) is 59.1 Å². The second-order valence-electron chi connectivity index (χ2n) is 6.17. The van der Waals surface area contributed by atoms with Gasteiger partial charge in [-0.3, -0.25) is 4.68 Å². The summed E-state index contributed by atoms with van der Waals surface area (Å²) in [5.41, 5.74) is 0.487. The third-order valence-electron chi connectivity index (χ3n) is 3.03. The predicted octanol–water partition coefficient (Wildman–Crippen LogP) is 4.11. The van der Waals surface area contributed by atoms with Gasteiger partial charge in [0.1, 0.15) is 5.60 Å². The maximum absolute atomic E-state index is 12.4. The molecule has 0 saturated heterocycles. The molecule has 0 atom stereocenters. The van der Waals surface area contributed by atoms with Crippen molar-refractivity contribution in [2.75, 3.05) is 6.54 Å². The molecule has 1 rings (SSSR count). The highest BCUT2D eigenvalue weighted by molar-refractivity contribution is 9.10. The van der Waals surface area contributed by atoms with Gasteiger partial charge in [-0.15, -0.1) is 0 Å². The fraction of sp³-hybridized carbons (Fsp3) is 0.733. The van der Waals surface area contributed by atoms with Crippen LogP contribution in [0.4, 0.5) is 4.79 Å². The Morgan fingerprint density at radius 2 is 2.10 bits per heavy atom. The van der Waals surface area contributed by atoms with Gasteiger partial charge in [0, 0.05) is 13.6 Å². The van der Waals surface area contributed by atoms with Gasteiger partial charge in [0.2, 0.25) is 0 Å². The van der Waals surface area contributed by atoms with Crippen LogP contribution in [0.15, 0.2) is 10.7 Å². The Hall–Kier alpha value is -1.04. The summed E-state index contributed by atoms with van der Waals surface area (Å²) in [6.07, 6.45) is 4.68. The maximum Gasteiger partial charge on any atom is 0.410 e. The zero-order chi connectivity index (χ0) is 16.0. The fourth-order valence-electron chi connectivity index (χ4n) is 1.91. The van der Waals surface area contributed by atoms with E-state index in [9.17, 15) is 4.79 Å². The van der Waals surface area contributed by atoms with Crippen molar-refractivity contribution in [3.8, 4) is 0 Å². The Kier molecular flexibility index (Phi) is 6.71. The van der Waals surface area contributed by atoms with Crippen LogP contribution in [-0.2, 0) is 18.3 Å². The molecule has 0 saturated carbocycles. The van der Waals surface area contributed by atoms with Crippen LogP contribution in [0.5, 0.6) is 0 Å². The van der Waals surface area contributed by atoms with E-state index in [2.05, 4.69) is 28.0 Å².